The number of halogens is 3. The van der Waals surface area contributed by atoms with Crippen LogP contribution in [0.5, 0.6) is 23.0 Å². The van der Waals surface area contributed by atoms with E-state index in [2.05, 4.69) is 137 Å². The number of aryl methyl sites for hydroxylation is 4. The average molecular weight is 1860 g/mol. The number of aliphatic hydroxyl groups excluding tert-OH is 1. The number of carboxylic acids is 1. The number of aliphatic hydroxyl groups is 1. The van der Waals surface area contributed by atoms with Crippen LogP contribution in [0, 0.1) is 0 Å². The third kappa shape index (κ3) is 29.2. The van der Waals surface area contributed by atoms with Gasteiger partial charge in [-0.3, -0.25) is 19.2 Å². The Bertz CT molecular complexity index is 6140. The first-order chi connectivity index (χ1) is 59.9. The summed E-state index contributed by atoms with van der Waals surface area (Å²) in [4.78, 5) is 45.9. The number of ether oxygens (including phenoxy) is 6. The van der Waals surface area contributed by atoms with Crippen molar-refractivity contribution in [1.82, 2.24) is 18.3 Å². The first kappa shape index (κ1) is 102. The maximum Gasteiger partial charge on any atom is 1.00 e. The molecule has 0 bridgehead atoms. The number of phenols is 1. The van der Waals surface area contributed by atoms with Gasteiger partial charge in [0.15, 0.2) is 0 Å². The van der Waals surface area contributed by atoms with Crippen LogP contribution in [0.25, 0.3) is 65.9 Å². The number of nitrogens with two attached hydrogens (primary N) is 3. The molecule has 0 radical (unpaired) electrons. The number of carbonyl (C=O) groups is 4. The fourth-order valence-electron chi connectivity index (χ4n) is 13.8. The maximum absolute atomic E-state index is 12.0. The molecule has 0 aliphatic heterocycles. The van der Waals surface area contributed by atoms with E-state index in [1.807, 2.05) is 161 Å². The number of nitrogens with zero attached hydrogens (tertiary/aromatic N) is 4. The Morgan fingerprint density at radius 1 is 0.386 bits per heavy atom. The number of rotatable bonds is 27. The molecule has 0 unspecified atom stereocenters. The van der Waals surface area contributed by atoms with Gasteiger partial charge in [0.2, 0.25) is 0 Å². The molecule has 11 aromatic carbocycles. The summed E-state index contributed by atoms with van der Waals surface area (Å²) in [6, 6.07) is 77.8. The normalized spacial score (nSPS) is 10.4. The second-order valence-electron chi connectivity index (χ2n) is 29.0. The molecule has 4 aromatic heterocycles. The smallest absolute Gasteiger partial charge is 0.870 e. The van der Waals surface area contributed by atoms with Crippen molar-refractivity contribution in [2.24, 2.45) is 45.4 Å². The molecule has 28 heteroatoms. The Morgan fingerprint density at radius 3 is 1.08 bits per heavy atom. The van der Waals surface area contributed by atoms with E-state index >= 15 is 0 Å². The molecule has 127 heavy (non-hydrogen) atoms. The van der Waals surface area contributed by atoms with E-state index in [1.165, 1.54) is 21.5 Å². The SMILES string of the molecule is CCOC(=O)Cc1ccccc1O.CCOC(=O)Cc1ccccc1OCc1cc(-c2cccc(CN)c2)c2ccn(C)c2c1.CCOC(=O)Cc1ccccc1OCc1cc(Br)c2ccn(C)c2c1.Cl.Cn1ccc2c(-c3cccc(CN)c3)cc(COc3ccccc3CC(=O)O)cc21.Cn1ccc2c(Br)cc(CO)cc21.NCc1cccc(B(O)O)c1.[Li+].[OH-]. The molecule has 0 saturated carbocycles. The summed E-state index contributed by atoms with van der Waals surface area (Å²) in [6.07, 6.45) is 8.63. The molecule has 0 atom stereocenters. The number of aromatic nitrogens is 4. The van der Waals surface area contributed by atoms with Gasteiger partial charge < -0.3 is 94.7 Å². The van der Waals surface area contributed by atoms with Crippen molar-refractivity contribution in [2.45, 2.75) is 92.5 Å². The fraction of sp³-hybridized carbons (Fsp3) is 0.212. The molecule has 658 valence electrons. The number of aromatic hydroxyl groups is 1. The minimum Gasteiger partial charge on any atom is -0.870 e. The van der Waals surface area contributed by atoms with Crippen LogP contribution in [-0.4, -0.2) is 99.9 Å². The fourth-order valence-corrected chi connectivity index (χ4v) is 15.1. The number of para-hydroxylation sites is 4. The van der Waals surface area contributed by atoms with E-state index in [9.17, 15) is 24.3 Å². The van der Waals surface area contributed by atoms with Crippen molar-refractivity contribution in [2.75, 3.05) is 19.8 Å². The molecule has 4 heterocycles. The van der Waals surface area contributed by atoms with Gasteiger partial charge in [0, 0.05) is 147 Å². The van der Waals surface area contributed by atoms with Gasteiger partial charge in [-0.25, -0.2) is 0 Å². The number of phenolic OH excluding ortho intramolecular Hbond substituents is 1. The number of esters is 3. The number of benzene rings is 11. The van der Waals surface area contributed by atoms with E-state index in [4.69, 9.17) is 65.9 Å². The largest absolute Gasteiger partial charge is 1.00 e. The van der Waals surface area contributed by atoms with Gasteiger partial charge >= 0.3 is 49.9 Å². The molecule has 0 fully saturated rings. The van der Waals surface area contributed by atoms with Gasteiger partial charge in [-0.05, 0) is 197 Å². The van der Waals surface area contributed by atoms with Gasteiger partial charge in [0.05, 0.1) is 52.1 Å². The molecular formula is C99H106BBr2ClLiN7O16. The van der Waals surface area contributed by atoms with Crippen LogP contribution in [0.4, 0.5) is 0 Å². The summed E-state index contributed by atoms with van der Waals surface area (Å²) < 4.78 is 43.5. The minimum atomic E-state index is -1.40. The standard InChI is InChI=1S/C27H28N2O3.C25H24N2O3.C20H20BrNO3.C10H10BrNO.C10H12O3.C7H10BNO2.ClH.Li.H2O/c1-3-31-27(30)16-22-8-4-5-10-26(22)32-18-20-14-24(21-9-6-7-19(13-21)17-28)23-11-12-29(2)25(23)15-20;1-27-10-9-21-22(19-7-4-5-17(11-19)15-26)12-18(13-23(21)27)16-30-24-8-3-2-6-20(24)14-25(28)29;1-3-24-20(23)12-15-6-4-5-7-19(15)25-13-14-10-17(21)16-8-9-22(2)18(16)11-14;1-12-3-2-8-9(11)4-7(6-13)5-10(8)12;1-2-13-10(12)7-8-5-3-4-6-9(8)11;9-5-6-2-1-3-7(4-6)8(10)11;;;/h4-15H,3,16-18,28H2,1-2H3;2-13H,14-16,26H2,1H3,(H,28,29);4-11H,3,12-13H2,1-2H3;2-5,13H,6H2,1H3;3-6,11H,2,7H2,1H3;1-4,10-11H,5,9H2;1H;;1H2/q;;;;;;;+1;/p-1. The van der Waals surface area contributed by atoms with Crippen LogP contribution in [0.2, 0.25) is 0 Å². The zero-order valence-electron chi connectivity index (χ0n) is 72.3. The second-order valence-corrected chi connectivity index (χ2v) is 30.7. The zero-order valence-corrected chi connectivity index (χ0v) is 76.3. The Kier molecular flexibility index (Phi) is 41.3. The van der Waals surface area contributed by atoms with Crippen LogP contribution in [-0.2, 0) is 133 Å². The van der Waals surface area contributed by atoms with E-state index in [0.29, 0.717) is 93.1 Å². The molecule has 0 aliphatic rings. The van der Waals surface area contributed by atoms with E-state index in [-0.39, 0.29) is 92.7 Å². The van der Waals surface area contributed by atoms with E-state index in [0.717, 1.165) is 103 Å². The molecule has 12 N–H and O–H groups in total. The van der Waals surface area contributed by atoms with E-state index in [1.54, 1.807) is 69.3 Å². The van der Waals surface area contributed by atoms with Gasteiger partial charge in [-0.1, -0.05) is 165 Å². The number of carboxylic acid groups (broad SMARTS) is 1. The monoisotopic (exact) mass is 1860 g/mol. The molecule has 15 aromatic rings. The van der Waals surface area contributed by atoms with Crippen molar-refractivity contribution in [1.29, 1.82) is 0 Å². The Labute approximate surface area is 774 Å². The van der Waals surface area contributed by atoms with Crippen molar-refractivity contribution in [3.63, 3.8) is 0 Å². The van der Waals surface area contributed by atoms with E-state index < -0.39 is 13.1 Å². The molecule has 23 nitrogen and oxygen atoms in total. The Hall–Kier alpha value is -11.7. The van der Waals surface area contributed by atoms with Crippen molar-refractivity contribution < 1.29 is 97.3 Å². The molecule has 0 spiro atoms. The topological polar surface area (TPSA) is 353 Å². The van der Waals surface area contributed by atoms with Crippen LogP contribution < -0.4 is 55.7 Å². The quantitative estimate of drug-likeness (QED) is 0.0135. The summed E-state index contributed by atoms with van der Waals surface area (Å²) in [5.74, 6) is 0.441. The zero-order chi connectivity index (χ0) is 88.8. The van der Waals surface area contributed by atoms with Crippen molar-refractivity contribution in [3.05, 3.63) is 338 Å². The van der Waals surface area contributed by atoms with Crippen LogP contribution >= 0.6 is 44.3 Å². The summed E-state index contributed by atoms with van der Waals surface area (Å²) in [7, 11) is 6.68. The Morgan fingerprint density at radius 2 is 0.709 bits per heavy atom. The number of hydrogen-bond donors (Lipinski definition) is 8. The predicted octanol–water partition coefficient (Wildman–Crippen LogP) is 14.1. The van der Waals surface area contributed by atoms with Gasteiger partial charge in [-0.15, -0.1) is 12.4 Å². The van der Waals surface area contributed by atoms with Gasteiger partial charge in [0.25, 0.3) is 0 Å². The van der Waals surface area contributed by atoms with Crippen LogP contribution in [0.3, 0.4) is 0 Å². The van der Waals surface area contributed by atoms with Crippen LogP contribution in [0.15, 0.2) is 276 Å². The maximum atomic E-state index is 12.0. The van der Waals surface area contributed by atoms with Gasteiger partial charge in [0.1, 0.15) is 42.8 Å². The molecular weight excluding hydrogens is 1760 g/mol. The molecule has 0 saturated heterocycles. The first-order valence-corrected chi connectivity index (χ1v) is 42.1. The number of carbonyl (C=O) groups excluding carboxylic acids is 3. The molecule has 0 aliphatic carbocycles. The molecule has 15 rings (SSSR count). The number of fused-ring (bicyclic) bond motifs is 4. The van der Waals surface area contributed by atoms with Crippen molar-refractivity contribution in [3.8, 4) is 45.3 Å². The minimum absolute atomic E-state index is 0. The third-order valence-electron chi connectivity index (χ3n) is 20.1. The summed E-state index contributed by atoms with van der Waals surface area (Å²) in [6.45, 7) is 9.15. The first-order valence-electron chi connectivity index (χ1n) is 40.5. The summed E-state index contributed by atoms with van der Waals surface area (Å²) >= 11 is 7.10. The van der Waals surface area contributed by atoms with Crippen LogP contribution in [0.1, 0.15) is 82.0 Å². The average Bonchev–Trinajstić information content (AvgIpc) is 1.68. The predicted molar refractivity (Wildman–Crippen MR) is 506 cm³/mol. The van der Waals surface area contributed by atoms with Crippen molar-refractivity contribution >= 4 is 124 Å². The number of hydrogen-bond acceptors (Lipinski definition) is 18. The third-order valence-corrected chi connectivity index (χ3v) is 21.4. The molecule has 0 amide bonds. The summed E-state index contributed by atoms with van der Waals surface area (Å²) in [5.41, 5.74) is 36.7. The number of aliphatic carboxylic acids is 1. The van der Waals surface area contributed by atoms with Gasteiger partial charge in [-0.2, -0.15) is 0 Å². The Balaban J connectivity index is 0.000000217. The summed E-state index contributed by atoms with van der Waals surface area (Å²) in [5, 5.41) is 49.7. The second kappa shape index (κ2) is 51.2.